The molecule has 1 saturated carbocycles. The summed E-state index contributed by atoms with van der Waals surface area (Å²) in [4.78, 5) is 26.4. The number of anilines is 3. The molecule has 3 heterocycles. The molecule has 0 unspecified atom stereocenters. The number of halogens is 2. The van der Waals surface area contributed by atoms with Crippen molar-refractivity contribution in [2.45, 2.75) is 51.4 Å². The number of carbonyl (C=O) groups excluding carboxylic acids is 1. The molecule has 1 aliphatic carbocycles. The lowest BCUT2D eigenvalue weighted by molar-refractivity contribution is -0.0222. The molecule has 1 spiro atoms. The minimum absolute atomic E-state index is 0.0667. The van der Waals surface area contributed by atoms with Crippen LogP contribution in [0.2, 0.25) is 0 Å². The van der Waals surface area contributed by atoms with E-state index in [9.17, 15) is 27.1 Å². The molecule has 3 aliphatic rings. The Morgan fingerprint density at radius 2 is 1.63 bits per heavy atom. The molecular formula is C30H36F2N6O4S. The van der Waals surface area contributed by atoms with E-state index in [1.54, 1.807) is 42.2 Å². The van der Waals surface area contributed by atoms with Gasteiger partial charge in [0.25, 0.3) is 11.8 Å². The number of aryl methyl sites for hydroxylation is 1. The molecule has 2 aromatic carbocycles. The smallest absolute Gasteiger partial charge is 0.251 e. The summed E-state index contributed by atoms with van der Waals surface area (Å²) in [6.07, 6.45) is 3.55. The Balaban J connectivity index is 1.62. The lowest BCUT2D eigenvalue weighted by atomic mass is 9.89. The molecule has 0 bridgehead atoms. The van der Waals surface area contributed by atoms with Crippen LogP contribution in [0.5, 0.6) is 0 Å². The zero-order valence-electron chi connectivity index (χ0n) is 24.1. The summed E-state index contributed by atoms with van der Waals surface area (Å²) in [6, 6.07) is 8.66. The van der Waals surface area contributed by atoms with E-state index < -0.39 is 34.2 Å². The predicted molar refractivity (Wildman–Crippen MR) is 162 cm³/mol. The minimum Gasteiger partial charge on any atom is -0.395 e. The van der Waals surface area contributed by atoms with Crippen LogP contribution >= 0.6 is 0 Å². The first-order chi connectivity index (χ1) is 20.4. The van der Waals surface area contributed by atoms with E-state index in [-0.39, 0.29) is 43.1 Å². The van der Waals surface area contributed by atoms with Gasteiger partial charge in [-0.05, 0) is 49.5 Å². The van der Waals surface area contributed by atoms with Crippen LogP contribution in [0.25, 0.3) is 22.0 Å². The van der Waals surface area contributed by atoms with Gasteiger partial charge in [-0.1, -0.05) is 24.3 Å². The van der Waals surface area contributed by atoms with E-state index in [2.05, 4.69) is 14.6 Å². The normalized spacial score (nSPS) is 19.5. The summed E-state index contributed by atoms with van der Waals surface area (Å²) in [5, 5.41) is 10.4. The third-order valence-corrected chi connectivity index (χ3v) is 10.3. The fourth-order valence-corrected chi connectivity index (χ4v) is 7.28. The highest BCUT2D eigenvalue weighted by atomic mass is 32.2. The summed E-state index contributed by atoms with van der Waals surface area (Å²) in [7, 11) is -4.02. The van der Waals surface area contributed by atoms with Gasteiger partial charge in [-0.2, -0.15) is 0 Å². The number of aromatic nitrogens is 2. The Hall–Kier alpha value is -3.58. The second-order valence-corrected chi connectivity index (χ2v) is 13.9. The second kappa shape index (κ2) is 10.8. The van der Waals surface area contributed by atoms with Gasteiger partial charge in [0.05, 0.1) is 35.0 Å². The Morgan fingerprint density at radius 3 is 2.23 bits per heavy atom. The van der Waals surface area contributed by atoms with Crippen LogP contribution in [0.15, 0.2) is 30.3 Å². The van der Waals surface area contributed by atoms with Gasteiger partial charge in [-0.15, -0.1) is 0 Å². The van der Waals surface area contributed by atoms with Crippen molar-refractivity contribution in [3.8, 4) is 11.3 Å². The van der Waals surface area contributed by atoms with Crippen LogP contribution < -0.4 is 20.3 Å². The second-order valence-electron chi connectivity index (χ2n) is 12.1. The highest BCUT2D eigenvalue weighted by Gasteiger charge is 2.45. The summed E-state index contributed by atoms with van der Waals surface area (Å²) >= 11 is 0. The van der Waals surface area contributed by atoms with Gasteiger partial charge in [0, 0.05) is 55.7 Å². The first-order valence-electron chi connectivity index (χ1n) is 14.6. The fraction of sp³-hybridized carbons (Fsp3) is 0.500. The van der Waals surface area contributed by atoms with E-state index in [1.807, 2.05) is 0 Å². The topological polar surface area (TPSA) is 142 Å². The van der Waals surface area contributed by atoms with Gasteiger partial charge >= 0.3 is 0 Å². The summed E-state index contributed by atoms with van der Waals surface area (Å²) in [5.41, 5.74) is 8.62. The van der Waals surface area contributed by atoms with E-state index in [0.29, 0.717) is 51.9 Å². The van der Waals surface area contributed by atoms with Crippen molar-refractivity contribution in [2.24, 2.45) is 11.1 Å². The number of sulfonamides is 1. The highest BCUT2D eigenvalue weighted by Crippen LogP contribution is 2.55. The molecule has 3 aromatic rings. The number of rotatable bonds is 8. The largest absolute Gasteiger partial charge is 0.395 e. The lowest BCUT2D eigenvalue weighted by Crippen LogP contribution is -2.40. The third kappa shape index (κ3) is 5.84. The summed E-state index contributed by atoms with van der Waals surface area (Å²) < 4.78 is 57.0. The third-order valence-electron chi connectivity index (χ3n) is 9.03. The van der Waals surface area contributed by atoms with Crippen LogP contribution in [-0.2, 0) is 10.0 Å². The fourth-order valence-electron chi connectivity index (χ4n) is 6.41. The van der Waals surface area contributed by atoms with Gasteiger partial charge in [0.1, 0.15) is 0 Å². The average molecular weight is 615 g/mol. The molecule has 4 N–H and O–H groups in total. The number of nitrogens with one attached hydrogen (secondary N) is 1. The zero-order chi connectivity index (χ0) is 30.6. The van der Waals surface area contributed by atoms with Crippen molar-refractivity contribution in [1.29, 1.82) is 0 Å². The average Bonchev–Trinajstić information content (AvgIpc) is 3.71. The van der Waals surface area contributed by atoms with Gasteiger partial charge in [0.2, 0.25) is 16.0 Å². The molecule has 1 amide bonds. The molecule has 2 aliphatic heterocycles. The molecule has 10 nitrogen and oxygen atoms in total. The van der Waals surface area contributed by atoms with Crippen molar-refractivity contribution in [3.63, 3.8) is 0 Å². The number of nitrogens with zero attached hydrogens (tertiary/aromatic N) is 4. The number of hydrogen-bond donors (Lipinski definition) is 3. The zero-order valence-corrected chi connectivity index (χ0v) is 24.9. The number of carbonyl (C=O) groups is 1. The van der Waals surface area contributed by atoms with Crippen LogP contribution in [0.3, 0.4) is 0 Å². The summed E-state index contributed by atoms with van der Waals surface area (Å²) in [5.74, 6) is -3.69. The van der Waals surface area contributed by atoms with Crippen molar-refractivity contribution in [3.05, 3.63) is 41.6 Å². The Kier molecular flexibility index (Phi) is 7.44. The van der Waals surface area contributed by atoms with Crippen LogP contribution in [0.4, 0.5) is 26.1 Å². The van der Waals surface area contributed by atoms with Crippen molar-refractivity contribution in [2.75, 3.05) is 53.1 Å². The quantitative estimate of drug-likeness (QED) is 0.345. The minimum atomic E-state index is -4.02. The van der Waals surface area contributed by atoms with Crippen LogP contribution in [0.1, 0.15) is 54.6 Å². The number of benzene rings is 2. The maximum absolute atomic E-state index is 14.0. The van der Waals surface area contributed by atoms with E-state index in [1.165, 1.54) is 12.8 Å². The molecular weight excluding hydrogens is 578 g/mol. The van der Waals surface area contributed by atoms with E-state index in [0.717, 1.165) is 12.8 Å². The number of hydrogen-bond acceptors (Lipinski definition) is 8. The van der Waals surface area contributed by atoms with Crippen LogP contribution in [-0.4, -0.2) is 73.9 Å². The summed E-state index contributed by atoms with van der Waals surface area (Å²) in [6.45, 7) is 2.60. The number of alkyl halides is 2. The number of amides is 1. The molecule has 13 heteroatoms. The first-order valence-corrected chi connectivity index (χ1v) is 16.3. The van der Waals surface area contributed by atoms with Gasteiger partial charge < -0.3 is 20.6 Å². The number of aliphatic hydroxyl groups excluding tert-OH is 1. The molecule has 6 rings (SSSR count). The monoisotopic (exact) mass is 614 g/mol. The van der Waals surface area contributed by atoms with Gasteiger partial charge in [-0.3, -0.25) is 9.52 Å². The number of aliphatic hydroxyl groups is 1. The van der Waals surface area contributed by atoms with Gasteiger partial charge in [-0.25, -0.2) is 27.2 Å². The molecule has 3 fully saturated rings. The first kappa shape index (κ1) is 29.5. The molecule has 0 radical (unpaired) electrons. The Morgan fingerprint density at radius 1 is 1.00 bits per heavy atom. The molecule has 0 atom stereocenters. The maximum Gasteiger partial charge on any atom is 0.251 e. The van der Waals surface area contributed by atoms with Crippen molar-refractivity contribution < 1.29 is 27.1 Å². The van der Waals surface area contributed by atoms with Gasteiger partial charge in [0.15, 0.2) is 0 Å². The molecule has 230 valence electrons. The number of fused-ring (bicyclic) bond motifs is 1. The van der Waals surface area contributed by atoms with Crippen LogP contribution in [0, 0.1) is 12.3 Å². The molecule has 1 aromatic heterocycles. The van der Waals surface area contributed by atoms with Crippen molar-refractivity contribution >= 4 is 44.0 Å². The molecule has 2 saturated heterocycles. The maximum atomic E-state index is 14.0. The highest BCUT2D eigenvalue weighted by molar-refractivity contribution is 7.92. The lowest BCUT2D eigenvalue weighted by Gasteiger charge is -2.37. The number of nitrogens with two attached hydrogens (primary N) is 1. The van der Waals surface area contributed by atoms with E-state index >= 15 is 0 Å². The Labute approximate surface area is 249 Å². The SMILES string of the molecule is Cc1cc(-c2c(N3CCC4(CC3)CC4)c(C(N)=O)c3ccccc3c2NS(=O)(=O)CCO)nc(N2CCC(F)(F)CC2)n1. The predicted octanol–water partition coefficient (Wildman–Crippen LogP) is 4.05. The Bertz CT molecular complexity index is 1680. The number of piperidine rings is 2. The standard InChI is InChI=1S/C30H36F2N6O4S/c1-19-18-22(35-28(34-19)38-14-10-30(31,32)11-15-38)24-25(36-43(41,42)17-16-39)21-5-3-2-4-20(21)23(27(33)40)26(24)37-12-8-29(6-7-29)9-13-37/h2-5,18,36,39H,6-17H2,1H3,(H2,33,40). The van der Waals surface area contributed by atoms with Crippen molar-refractivity contribution in [1.82, 2.24) is 9.97 Å². The number of primary amides is 1. The van der Waals surface area contributed by atoms with E-state index in [4.69, 9.17) is 10.7 Å². The molecule has 43 heavy (non-hydrogen) atoms.